The summed E-state index contributed by atoms with van der Waals surface area (Å²) in [4.78, 5) is 32.9. The Morgan fingerprint density at radius 1 is 1.14 bits per heavy atom. The van der Waals surface area contributed by atoms with Gasteiger partial charge in [-0.15, -0.1) is 0 Å². The van der Waals surface area contributed by atoms with E-state index in [0.29, 0.717) is 21.7 Å². The van der Waals surface area contributed by atoms with Gasteiger partial charge in [0.25, 0.3) is 0 Å². The first kappa shape index (κ1) is 20.1. The molecule has 0 atom stereocenters. The highest BCUT2D eigenvalue weighted by atomic mass is 35.5. The predicted molar refractivity (Wildman–Crippen MR) is 107 cm³/mol. The van der Waals surface area contributed by atoms with Gasteiger partial charge >= 0.3 is 5.97 Å². The van der Waals surface area contributed by atoms with E-state index in [0.717, 1.165) is 23.2 Å². The molecule has 0 saturated heterocycles. The topological polar surface area (TPSA) is 82.3 Å². The summed E-state index contributed by atoms with van der Waals surface area (Å²) in [6.45, 7) is 3.79. The van der Waals surface area contributed by atoms with E-state index in [1.165, 1.54) is 17.8 Å². The van der Waals surface area contributed by atoms with Gasteiger partial charge in [-0.3, -0.25) is 9.59 Å². The molecule has 0 N–H and O–H groups in total. The number of hydrogen-bond donors (Lipinski definition) is 0. The summed E-state index contributed by atoms with van der Waals surface area (Å²) in [6.07, 6.45) is 1.18. The van der Waals surface area contributed by atoms with E-state index in [1.807, 2.05) is 19.9 Å². The van der Waals surface area contributed by atoms with Crippen molar-refractivity contribution >= 4 is 29.3 Å². The van der Waals surface area contributed by atoms with Crippen LogP contribution >= 0.6 is 23.4 Å². The van der Waals surface area contributed by atoms with Crippen LogP contribution < -0.4 is 10.2 Å². The quantitative estimate of drug-likeness (QED) is 0.339. The standard InChI is InChI=1S/C20H17ClN2O4S/c1-12-7-13(2)23-20(22-12)28-11-16-9-17(24)18(10-26-16)27-19(25)8-14-3-5-15(21)6-4-14/h3-7,9-10H,8,11H2,1-2H3. The number of ether oxygens (including phenoxy) is 1. The molecule has 0 saturated carbocycles. The lowest BCUT2D eigenvalue weighted by Crippen LogP contribution is -2.16. The van der Waals surface area contributed by atoms with Gasteiger partial charge in [-0.1, -0.05) is 35.5 Å². The molecule has 2 heterocycles. The van der Waals surface area contributed by atoms with Crippen molar-refractivity contribution in [3.63, 3.8) is 0 Å². The second-order valence-electron chi connectivity index (χ2n) is 6.07. The van der Waals surface area contributed by atoms with E-state index in [1.54, 1.807) is 24.3 Å². The van der Waals surface area contributed by atoms with Crippen molar-refractivity contribution in [1.29, 1.82) is 0 Å². The molecule has 0 bridgehead atoms. The minimum atomic E-state index is -0.555. The molecule has 0 spiro atoms. The maximum Gasteiger partial charge on any atom is 0.315 e. The van der Waals surface area contributed by atoms with E-state index in [2.05, 4.69) is 9.97 Å². The Kier molecular flexibility index (Phi) is 6.49. The molecule has 6 nitrogen and oxygen atoms in total. The molecule has 0 fully saturated rings. The van der Waals surface area contributed by atoms with Crippen molar-refractivity contribution in [3.05, 3.63) is 80.6 Å². The van der Waals surface area contributed by atoms with Crippen LogP contribution in [-0.2, 0) is 17.0 Å². The molecule has 0 aliphatic heterocycles. The third-order valence-electron chi connectivity index (χ3n) is 3.64. The Morgan fingerprint density at radius 2 is 1.82 bits per heavy atom. The van der Waals surface area contributed by atoms with Gasteiger partial charge in [0.1, 0.15) is 12.0 Å². The van der Waals surface area contributed by atoms with Gasteiger partial charge in [-0.2, -0.15) is 0 Å². The van der Waals surface area contributed by atoms with Crippen LogP contribution in [0.5, 0.6) is 5.75 Å². The lowest BCUT2D eigenvalue weighted by molar-refractivity contribution is -0.133. The fourth-order valence-electron chi connectivity index (χ4n) is 2.41. The molecular weight excluding hydrogens is 400 g/mol. The molecule has 0 unspecified atom stereocenters. The van der Waals surface area contributed by atoms with Crippen LogP contribution in [-0.4, -0.2) is 15.9 Å². The van der Waals surface area contributed by atoms with E-state index >= 15 is 0 Å². The number of aromatic nitrogens is 2. The molecule has 0 radical (unpaired) electrons. The summed E-state index contributed by atoms with van der Waals surface area (Å²) in [5, 5.41) is 1.19. The predicted octanol–water partition coefficient (Wildman–Crippen LogP) is 4.14. The number of hydrogen-bond acceptors (Lipinski definition) is 7. The molecule has 2 aromatic heterocycles. The Labute approximate surface area is 170 Å². The maximum absolute atomic E-state index is 12.2. The number of halogens is 1. The van der Waals surface area contributed by atoms with Gasteiger partial charge in [-0.05, 0) is 37.6 Å². The summed E-state index contributed by atoms with van der Waals surface area (Å²) < 4.78 is 10.5. The molecule has 0 amide bonds. The zero-order valence-electron chi connectivity index (χ0n) is 15.3. The molecule has 1 aromatic carbocycles. The molecular formula is C20H17ClN2O4S. The number of carbonyl (C=O) groups is 1. The van der Waals surface area contributed by atoms with Crippen LogP contribution in [0.15, 0.2) is 57.0 Å². The first-order valence-electron chi connectivity index (χ1n) is 8.41. The van der Waals surface area contributed by atoms with Gasteiger partial charge in [-0.25, -0.2) is 9.97 Å². The Morgan fingerprint density at radius 3 is 2.46 bits per heavy atom. The van der Waals surface area contributed by atoms with Crippen LogP contribution in [0.1, 0.15) is 22.7 Å². The van der Waals surface area contributed by atoms with E-state index in [-0.39, 0.29) is 12.2 Å². The Hall–Kier alpha value is -2.64. The minimum absolute atomic E-state index is 0.0261. The van der Waals surface area contributed by atoms with Crippen molar-refractivity contribution in [2.45, 2.75) is 31.2 Å². The Bertz CT molecular complexity index is 1030. The first-order valence-corrected chi connectivity index (χ1v) is 9.77. The highest BCUT2D eigenvalue weighted by Crippen LogP contribution is 2.20. The summed E-state index contributed by atoms with van der Waals surface area (Å²) in [7, 11) is 0. The second-order valence-corrected chi connectivity index (χ2v) is 7.45. The summed E-state index contributed by atoms with van der Waals surface area (Å²) >= 11 is 7.17. The van der Waals surface area contributed by atoms with E-state index in [9.17, 15) is 9.59 Å². The number of benzene rings is 1. The minimum Gasteiger partial charge on any atom is -0.464 e. The number of esters is 1. The van der Waals surface area contributed by atoms with Crippen molar-refractivity contribution in [1.82, 2.24) is 9.97 Å². The lowest BCUT2D eigenvalue weighted by Gasteiger charge is -2.05. The first-order chi connectivity index (χ1) is 13.4. The number of nitrogens with zero attached hydrogens (tertiary/aromatic N) is 2. The van der Waals surface area contributed by atoms with Gasteiger partial charge in [0.05, 0.1) is 12.2 Å². The highest BCUT2D eigenvalue weighted by Gasteiger charge is 2.12. The summed E-state index contributed by atoms with van der Waals surface area (Å²) in [5.74, 6) is 0.128. The van der Waals surface area contributed by atoms with Crippen LogP contribution in [0.3, 0.4) is 0 Å². The third kappa shape index (κ3) is 5.68. The zero-order valence-corrected chi connectivity index (χ0v) is 16.8. The van der Waals surface area contributed by atoms with Gasteiger partial charge in [0, 0.05) is 22.5 Å². The fourth-order valence-corrected chi connectivity index (χ4v) is 3.38. The average molecular weight is 417 g/mol. The van der Waals surface area contributed by atoms with Crippen LogP contribution in [0, 0.1) is 13.8 Å². The van der Waals surface area contributed by atoms with Crippen molar-refractivity contribution in [2.75, 3.05) is 0 Å². The maximum atomic E-state index is 12.2. The van der Waals surface area contributed by atoms with Crippen molar-refractivity contribution in [3.8, 4) is 5.75 Å². The lowest BCUT2D eigenvalue weighted by atomic mass is 10.1. The highest BCUT2D eigenvalue weighted by molar-refractivity contribution is 7.98. The van der Waals surface area contributed by atoms with Crippen molar-refractivity contribution < 1.29 is 13.9 Å². The zero-order chi connectivity index (χ0) is 20.1. The monoisotopic (exact) mass is 416 g/mol. The second kappa shape index (κ2) is 9.03. The Balaban J connectivity index is 1.61. The molecule has 0 aliphatic rings. The molecule has 144 valence electrons. The van der Waals surface area contributed by atoms with Crippen LogP contribution in [0.4, 0.5) is 0 Å². The normalized spacial score (nSPS) is 10.7. The smallest absolute Gasteiger partial charge is 0.315 e. The van der Waals surface area contributed by atoms with E-state index < -0.39 is 11.4 Å². The van der Waals surface area contributed by atoms with Crippen molar-refractivity contribution in [2.24, 2.45) is 0 Å². The molecule has 8 heteroatoms. The van der Waals surface area contributed by atoms with Gasteiger partial charge in [0.15, 0.2) is 5.16 Å². The molecule has 28 heavy (non-hydrogen) atoms. The number of aryl methyl sites for hydroxylation is 2. The molecule has 3 rings (SSSR count). The number of carbonyl (C=O) groups excluding carboxylic acids is 1. The largest absolute Gasteiger partial charge is 0.464 e. The van der Waals surface area contributed by atoms with Gasteiger partial charge in [0.2, 0.25) is 11.2 Å². The van der Waals surface area contributed by atoms with Crippen LogP contribution in [0.25, 0.3) is 0 Å². The number of thioether (sulfide) groups is 1. The fraction of sp³-hybridized carbons (Fsp3) is 0.200. The van der Waals surface area contributed by atoms with Gasteiger partial charge < -0.3 is 9.15 Å². The third-order valence-corrected chi connectivity index (χ3v) is 4.76. The number of rotatable bonds is 6. The molecule has 3 aromatic rings. The van der Waals surface area contributed by atoms with Crippen LogP contribution in [0.2, 0.25) is 5.02 Å². The molecule has 0 aliphatic carbocycles. The summed E-state index contributed by atoms with van der Waals surface area (Å²) in [6, 6.07) is 10.0. The summed E-state index contributed by atoms with van der Waals surface area (Å²) in [5.41, 5.74) is 2.06. The SMILES string of the molecule is Cc1cc(C)nc(SCc2cc(=O)c(OC(=O)Cc3ccc(Cl)cc3)co2)n1. The van der Waals surface area contributed by atoms with E-state index in [4.69, 9.17) is 20.8 Å². The average Bonchev–Trinajstić information content (AvgIpc) is 2.63.